The van der Waals surface area contributed by atoms with Crippen molar-refractivity contribution in [1.29, 1.82) is 0 Å². The number of piperazine rings is 1. The topological polar surface area (TPSA) is 44.4 Å². The summed E-state index contributed by atoms with van der Waals surface area (Å²) in [5.74, 6) is -0.349. The van der Waals surface area contributed by atoms with Gasteiger partial charge in [0.2, 0.25) is 0 Å². The van der Waals surface area contributed by atoms with E-state index in [2.05, 4.69) is 10.6 Å². The summed E-state index contributed by atoms with van der Waals surface area (Å²) in [4.78, 5) is 13.5. The Kier molecular flexibility index (Phi) is 5.18. The molecule has 1 heterocycles. The molecule has 0 saturated carbocycles. The van der Waals surface area contributed by atoms with Gasteiger partial charge in [-0.3, -0.25) is 0 Å². The van der Waals surface area contributed by atoms with E-state index >= 15 is 0 Å². The van der Waals surface area contributed by atoms with E-state index in [4.69, 9.17) is 0 Å². The fourth-order valence-corrected chi connectivity index (χ4v) is 1.64. The maximum atomic E-state index is 12.9. The van der Waals surface area contributed by atoms with E-state index in [1.165, 1.54) is 12.1 Å². The van der Waals surface area contributed by atoms with Gasteiger partial charge in [0.1, 0.15) is 5.82 Å². The number of amides is 2. The van der Waals surface area contributed by atoms with Crippen LogP contribution in [0.1, 0.15) is 0 Å². The molecular weight excluding hydrogens is 245 g/mol. The highest BCUT2D eigenvalue weighted by Crippen LogP contribution is 2.10. The van der Waals surface area contributed by atoms with Gasteiger partial charge in [-0.1, -0.05) is 6.07 Å². The van der Waals surface area contributed by atoms with E-state index in [0.29, 0.717) is 18.8 Å². The molecule has 0 aromatic heterocycles. The van der Waals surface area contributed by atoms with Crippen LogP contribution >= 0.6 is 12.4 Å². The molecule has 0 aliphatic carbocycles. The number of anilines is 1. The Labute approximate surface area is 106 Å². The minimum Gasteiger partial charge on any atom is -0.322 e. The molecule has 2 N–H and O–H groups in total. The highest BCUT2D eigenvalue weighted by atomic mass is 35.5. The summed E-state index contributed by atoms with van der Waals surface area (Å²) in [6.07, 6.45) is 0. The normalized spacial score (nSPS) is 15.0. The number of rotatable bonds is 1. The number of benzene rings is 1. The van der Waals surface area contributed by atoms with E-state index in [-0.39, 0.29) is 24.3 Å². The molecule has 1 fully saturated rings. The average Bonchev–Trinajstić information content (AvgIpc) is 2.30. The number of carbonyl (C=O) groups is 1. The number of carbonyl (C=O) groups excluding carboxylic acids is 1. The number of nitrogens with zero attached hydrogens (tertiary/aromatic N) is 1. The molecule has 0 atom stereocenters. The number of halogens is 2. The molecule has 94 valence electrons. The molecule has 1 saturated heterocycles. The van der Waals surface area contributed by atoms with Gasteiger partial charge in [0.15, 0.2) is 0 Å². The Balaban J connectivity index is 0.00000144. The number of nitrogens with one attached hydrogen (secondary N) is 2. The first-order valence-corrected chi connectivity index (χ1v) is 5.28. The van der Waals surface area contributed by atoms with Crippen molar-refractivity contribution in [3.8, 4) is 0 Å². The highest BCUT2D eigenvalue weighted by molar-refractivity contribution is 5.89. The molecule has 0 bridgehead atoms. The van der Waals surface area contributed by atoms with Crippen molar-refractivity contribution in [3.63, 3.8) is 0 Å². The monoisotopic (exact) mass is 259 g/mol. The van der Waals surface area contributed by atoms with Gasteiger partial charge in [-0.2, -0.15) is 0 Å². The maximum Gasteiger partial charge on any atom is 0.321 e. The van der Waals surface area contributed by atoms with Gasteiger partial charge in [0, 0.05) is 31.9 Å². The summed E-state index contributed by atoms with van der Waals surface area (Å²) in [7, 11) is 0. The number of hydrogen-bond donors (Lipinski definition) is 2. The van der Waals surface area contributed by atoms with E-state index in [0.717, 1.165) is 13.1 Å². The third-order valence-corrected chi connectivity index (χ3v) is 2.48. The van der Waals surface area contributed by atoms with Gasteiger partial charge in [-0.25, -0.2) is 9.18 Å². The molecule has 1 aromatic rings. The van der Waals surface area contributed by atoms with E-state index in [9.17, 15) is 9.18 Å². The van der Waals surface area contributed by atoms with Gasteiger partial charge in [0.05, 0.1) is 0 Å². The van der Waals surface area contributed by atoms with Crippen LogP contribution in [0, 0.1) is 5.82 Å². The maximum absolute atomic E-state index is 12.9. The third-order valence-electron chi connectivity index (χ3n) is 2.48. The Hall–Kier alpha value is -1.33. The van der Waals surface area contributed by atoms with E-state index in [1.807, 2.05) is 0 Å². The van der Waals surface area contributed by atoms with Crippen LogP contribution in [0.2, 0.25) is 0 Å². The minimum atomic E-state index is -0.349. The third kappa shape index (κ3) is 3.87. The molecule has 1 aliphatic rings. The summed E-state index contributed by atoms with van der Waals surface area (Å²) in [6.45, 7) is 2.97. The van der Waals surface area contributed by atoms with Crippen molar-refractivity contribution < 1.29 is 9.18 Å². The summed E-state index contributed by atoms with van der Waals surface area (Å²) >= 11 is 0. The minimum absolute atomic E-state index is 0. The molecule has 0 radical (unpaired) electrons. The van der Waals surface area contributed by atoms with Crippen LogP contribution in [0.3, 0.4) is 0 Å². The van der Waals surface area contributed by atoms with Crippen molar-refractivity contribution in [2.45, 2.75) is 0 Å². The first-order chi connectivity index (χ1) is 7.75. The molecule has 2 rings (SSSR count). The molecular formula is C11H15ClFN3O. The van der Waals surface area contributed by atoms with Gasteiger partial charge >= 0.3 is 6.03 Å². The van der Waals surface area contributed by atoms with Gasteiger partial charge in [0.25, 0.3) is 0 Å². The lowest BCUT2D eigenvalue weighted by atomic mass is 10.3. The Bertz CT molecular complexity index is 383. The molecule has 1 aromatic carbocycles. The van der Waals surface area contributed by atoms with Crippen molar-refractivity contribution >= 4 is 24.1 Å². The second-order valence-electron chi connectivity index (χ2n) is 3.68. The molecule has 1 aliphatic heterocycles. The predicted octanol–water partition coefficient (Wildman–Crippen LogP) is 1.68. The summed E-state index contributed by atoms with van der Waals surface area (Å²) < 4.78 is 12.9. The zero-order valence-corrected chi connectivity index (χ0v) is 10.1. The van der Waals surface area contributed by atoms with Crippen molar-refractivity contribution in [2.24, 2.45) is 0 Å². The fraction of sp³-hybridized carbons (Fsp3) is 0.364. The van der Waals surface area contributed by atoms with Crippen LogP contribution in [-0.2, 0) is 0 Å². The predicted molar refractivity (Wildman–Crippen MR) is 67.1 cm³/mol. The fourth-order valence-electron chi connectivity index (χ4n) is 1.64. The van der Waals surface area contributed by atoms with E-state index in [1.54, 1.807) is 17.0 Å². The zero-order valence-electron chi connectivity index (χ0n) is 9.28. The van der Waals surface area contributed by atoms with Crippen LogP contribution in [0.4, 0.5) is 14.9 Å². The SMILES string of the molecule is Cl.O=C(Nc1cccc(F)c1)N1CCNCC1. The van der Waals surface area contributed by atoms with Gasteiger partial charge in [-0.15, -0.1) is 12.4 Å². The number of hydrogen-bond acceptors (Lipinski definition) is 2. The molecule has 4 nitrogen and oxygen atoms in total. The average molecular weight is 260 g/mol. The van der Waals surface area contributed by atoms with Gasteiger partial charge in [-0.05, 0) is 18.2 Å². The van der Waals surface area contributed by atoms with Crippen LogP contribution in [0.15, 0.2) is 24.3 Å². The highest BCUT2D eigenvalue weighted by Gasteiger charge is 2.15. The van der Waals surface area contributed by atoms with Crippen LogP contribution in [0.5, 0.6) is 0 Å². The first-order valence-electron chi connectivity index (χ1n) is 5.28. The van der Waals surface area contributed by atoms with Crippen LogP contribution in [-0.4, -0.2) is 37.1 Å². The summed E-state index contributed by atoms with van der Waals surface area (Å²) in [5.41, 5.74) is 0.489. The second kappa shape index (κ2) is 6.42. The molecule has 17 heavy (non-hydrogen) atoms. The lowest BCUT2D eigenvalue weighted by Crippen LogP contribution is -2.48. The standard InChI is InChI=1S/C11H14FN3O.ClH/c12-9-2-1-3-10(8-9)14-11(16)15-6-4-13-5-7-15;/h1-3,8,13H,4-7H2,(H,14,16);1H. The second-order valence-corrected chi connectivity index (χ2v) is 3.68. The van der Waals surface area contributed by atoms with Gasteiger partial charge < -0.3 is 15.5 Å². The Morgan fingerprint density at radius 1 is 1.35 bits per heavy atom. The molecule has 0 unspecified atom stereocenters. The summed E-state index contributed by atoms with van der Waals surface area (Å²) in [6, 6.07) is 5.72. The lowest BCUT2D eigenvalue weighted by molar-refractivity contribution is 0.204. The van der Waals surface area contributed by atoms with Crippen molar-refractivity contribution in [2.75, 3.05) is 31.5 Å². The largest absolute Gasteiger partial charge is 0.322 e. The van der Waals surface area contributed by atoms with Crippen molar-refractivity contribution in [3.05, 3.63) is 30.1 Å². The summed E-state index contributed by atoms with van der Waals surface area (Å²) in [5, 5.41) is 5.83. The Morgan fingerprint density at radius 2 is 2.06 bits per heavy atom. The molecule has 0 spiro atoms. The van der Waals surface area contributed by atoms with Crippen LogP contribution in [0.25, 0.3) is 0 Å². The first kappa shape index (κ1) is 13.7. The number of urea groups is 1. The van der Waals surface area contributed by atoms with E-state index < -0.39 is 0 Å². The molecule has 6 heteroatoms. The molecule has 2 amide bonds. The Morgan fingerprint density at radius 3 is 2.71 bits per heavy atom. The quantitative estimate of drug-likeness (QED) is 0.806. The smallest absolute Gasteiger partial charge is 0.321 e. The zero-order chi connectivity index (χ0) is 11.4. The van der Waals surface area contributed by atoms with Crippen LogP contribution < -0.4 is 10.6 Å². The van der Waals surface area contributed by atoms with Crippen molar-refractivity contribution in [1.82, 2.24) is 10.2 Å². The lowest BCUT2D eigenvalue weighted by Gasteiger charge is -2.27.